The Bertz CT molecular complexity index is 719. The Morgan fingerprint density at radius 3 is 2.60 bits per heavy atom. The lowest BCUT2D eigenvalue weighted by atomic mass is 9.73. The Kier molecular flexibility index (Phi) is 7.60. The highest BCUT2D eigenvalue weighted by Crippen LogP contribution is 2.40. The van der Waals surface area contributed by atoms with Crippen molar-refractivity contribution in [1.29, 1.82) is 0 Å². The van der Waals surface area contributed by atoms with Gasteiger partial charge in [-0.15, -0.1) is 0 Å². The van der Waals surface area contributed by atoms with E-state index in [0.29, 0.717) is 19.6 Å². The number of methoxy groups -OCH3 is 2. The highest BCUT2D eigenvalue weighted by molar-refractivity contribution is 5.91. The van der Waals surface area contributed by atoms with Crippen molar-refractivity contribution < 1.29 is 38.0 Å². The Balaban J connectivity index is 1.66. The van der Waals surface area contributed by atoms with Gasteiger partial charge in [-0.05, 0) is 5.56 Å². The summed E-state index contributed by atoms with van der Waals surface area (Å²) in [5.74, 6) is -0.713. The first-order valence-electron chi connectivity index (χ1n) is 10.0. The van der Waals surface area contributed by atoms with Crippen molar-refractivity contribution in [3.8, 4) is 0 Å². The molecule has 2 aliphatic heterocycles. The van der Waals surface area contributed by atoms with Crippen LogP contribution in [0.4, 0.5) is 0 Å². The molecule has 8 heteroatoms. The monoisotopic (exact) mass is 422 g/mol. The van der Waals surface area contributed by atoms with Crippen LogP contribution in [0.15, 0.2) is 30.3 Å². The molecule has 5 atom stereocenters. The van der Waals surface area contributed by atoms with Crippen LogP contribution in [0.5, 0.6) is 0 Å². The zero-order chi connectivity index (χ0) is 21.7. The van der Waals surface area contributed by atoms with E-state index in [2.05, 4.69) is 0 Å². The molecule has 0 aliphatic carbocycles. The van der Waals surface area contributed by atoms with Gasteiger partial charge >= 0.3 is 5.97 Å². The van der Waals surface area contributed by atoms with Crippen molar-refractivity contribution in [3.05, 3.63) is 35.9 Å². The summed E-state index contributed by atoms with van der Waals surface area (Å²) >= 11 is 0. The van der Waals surface area contributed by atoms with E-state index < -0.39 is 35.8 Å². The largest absolute Gasteiger partial charge is 0.467 e. The molecule has 30 heavy (non-hydrogen) atoms. The summed E-state index contributed by atoms with van der Waals surface area (Å²) in [5.41, 5.74) is 0.243. The highest BCUT2D eigenvalue weighted by atomic mass is 16.7. The van der Waals surface area contributed by atoms with E-state index in [9.17, 15) is 9.59 Å². The maximum atomic E-state index is 13.1. The van der Waals surface area contributed by atoms with E-state index >= 15 is 0 Å². The molecule has 0 radical (unpaired) electrons. The van der Waals surface area contributed by atoms with E-state index in [0.717, 1.165) is 5.56 Å². The van der Waals surface area contributed by atoms with Crippen LogP contribution in [0.1, 0.15) is 25.8 Å². The zero-order valence-electron chi connectivity index (χ0n) is 17.9. The SMILES string of the molecule is COC(=O)[C@H]1OCO[C@@H]2C(=O)C(C)(C)[C@@H](C[C@@H](COCc3ccccc3)OC)O[C@H]12. The molecular formula is C22H30O8. The van der Waals surface area contributed by atoms with Gasteiger partial charge in [0.15, 0.2) is 11.9 Å². The third kappa shape index (κ3) is 4.90. The summed E-state index contributed by atoms with van der Waals surface area (Å²) < 4.78 is 33.3. The van der Waals surface area contributed by atoms with E-state index in [1.807, 2.05) is 44.2 Å². The molecule has 2 saturated heterocycles. The first-order valence-corrected chi connectivity index (χ1v) is 10.0. The number of hydrogen-bond acceptors (Lipinski definition) is 8. The number of carbonyl (C=O) groups is 2. The van der Waals surface area contributed by atoms with Crippen LogP contribution in [-0.4, -0.2) is 69.9 Å². The molecule has 0 spiro atoms. The van der Waals surface area contributed by atoms with Crippen LogP contribution >= 0.6 is 0 Å². The Hall–Kier alpha value is -1.84. The first-order chi connectivity index (χ1) is 14.4. The number of Topliss-reactive ketones (excluding diaryl/α,β-unsaturated/α-hetero) is 1. The van der Waals surface area contributed by atoms with Gasteiger partial charge in [0.25, 0.3) is 0 Å². The second-order valence-electron chi connectivity index (χ2n) is 8.08. The molecule has 2 aliphatic rings. The Labute approximate surface area is 176 Å². The van der Waals surface area contributed by atoms with Crippen molar-refractivity contribution in [2.75, 3.05) is 27.6 Å². The normalized spacial score (nSPS) is 29.1. The molecule has 8 nitrogen and oxygen atoms in total. The fourth-order valence-corrected chi connectivity index (χ4v) is 3.81. The molecule has 0 saturated carbocycles. The summed E-state index contributed by atoms with van der Waals surface area (Å²) in [7, 11) is 2.87. The van der Waals surface area contributed by atoms with Gasteiger partial charge < -0.3 is 28.4 Å². The van der Waals surface area contributed by atoms with Gasteiger partial charge in [0.05, 0.1) is 37.9 Å². The lowest BCUT2D eigenvalue weighted by Crippen LogP contribution is -2.65. The summed E-state index contributed by atoms with van der Waals surface area (Å²) in [5, 5.41) is 0. The average molecular weight is 422 g/mol. The summed E-state index contributed by atoms with van der Waals surface area (Å²) in [6.45, 7) is 4.28. The van der Waals surface area contributed by atoms with Gasteiger partial charge in [-0.2, -0.15) is 0 Å². The van der Waals surface area contributed by atoms with E-state index in [4.69, 9.17) is 28.4 Å². The van der Waals surface area contributed by atoms with Gasteiger partial charge in [-0.1, -0.05) is 44.2 Å². The van der Waals surface area contributed by atoms with Crippen LogP contribution in [-0.2, 0) is 44.6 Å². The van der Waals surface area contributed by atoms with Crippen LogP contribution in [0, 0.1) is 5.41 Å². The van der Waals surface area contributed by atoms with Crippen molar-refractivity contribution in [2.24, 2.45) is 5.41 Å². The first kappa shape index (κ1) is 22.8. The van der Waals surface area contributed by atoms with Gasteiger partial charge in [0.2, 0.25) is 0 Å². The number of benzene rings is 1. The van der Waals surface area contributed by atoms with Crippen LogP contribution in [0.2, 0.25) is 0 Å². The maximum Gasteiger partial charge on any atom is 0.337 e. The van der Waals surface area contributed by atoms with Crippen LogP contribution < -0.4 is 0 Å². The molecular weight excluding hydrogens is 392 g/mol. The van der Waals surface area contributed by atoms with Gasteiger partial charge in [-0.25, -0.2) is 4.79 Å². The molecule has 0 bridgehead atoms. The number of fused-ring (bicyclic) bond motifs is 1. The van der Waals surface area contributed by atoms with Crippen LogP contribution in [0.25, 0.3) is 0 Å². The molecule has 0 N–H and O–H groups in total. The molecule has 2 fully saturated rings. The number of ketones is 1. The summed E-state index contributed by atoms with van der Waals surface area (Å²) in [4.78, 5) is 25.2. The molecule has 0 aromatic heterocycles. The quantitative estimate of drug-likeness (QED) is 0.587. The lowest BCUT2D eigenvalue weighted by Gasteiger charge is -2.48. The summed E-state index contributed by atoms with van der Waals surface area (Å²) in [6, 6.07) is 9.85. The maximum absolute atomic E-state index is 13.1. The Morgan fingerprint density at radius 1 is 1.20 bits per heavy atom. The van der Waals surface area contributed by atoms with Gasteiger partial charge in [-0.3, -0.25) is 4.79 Å². The zero-order valence-corrected chi connectivity index (χ0v) is 17.9. The topological polar surface area (TPSA) is 89.5 Å². The highest BCUT2D eigenvalue weighted by Gasteiger charge is 2.56. The van der Waals surface area contributed by atoms with Crippen molar-refractivity contribution in [2.45, 2.75) is 57.4 Å². The molecule has 0 unspecified atom stereocenters. The standard InChI is InChI=1S/C22H30O8/c1-22(2)16(10-15(25-3)12-27-11-14-8-6-5-7-9-14)30-17-18(20(22)23)28-13-29-19(17)21(24)26-4/h5-9,15-19H,10-13H2,1-4H3/t15-,16+,17-,18-,19-/m0/s1. The molecule has 0 amide bonds. The summed E-state index contributed by atoms with van der Waals surface area (Å²) in [6.07, 6.45) is -3.12. The molecule has 166 valence electrons. The van der Waals surface area contributed by atoms with Crippen LogP contribution in [0.3, 0.4) is 0 Å². The molecule has 2 heterocycles. The average Bonchev–Trinajstić information content (AvgIpc) is 2.76. The van der Waals surface area contributed by atoms with E-state index in [-0.39, 0.29) is 18.7 Å². The van der Waals surface area contributed by atoms with Crippen molar-refractivity contribution in [3.63, 3.8) is 0 Å². The van der Waals surface area contributed by atoms with E-state index in [1.54, 1.807) is 7.11 Å². The Morgan fingerprint density at radius 2 is 1.93 bits per heavy atom. The number of hydrogen-bond donors (Lipinski definition) is 0. The van der Waals surface area contributed by atoms with E-state index in [1.165, 1.54) is 7.11 Å². The smallest absolute Gasteiger partial charge is 0.337 e. The number of ether oxygens (including phenoxy) is 6. The fraction of sp³-hybridized carbons (Fsp3) is 0.636. The number of rotatable bonds is 8. The predicted octanol–water partition coefficient (Wildman–Crippen LogP) is 1.89. The van der Waals surface area contributed by atoms with Crippen molar-refractivity contribution >= 4 is 11.8 Å². The second-order valence-corrected chi connectivity index (χ2v) is 8.08. The molecule has 1 aromatic rings. The minimum absolute atomic E-state index is 0.124. The van der Waals surface area contributed by atoms with Gasteiger partial charge in [0, 0.05) is 13.5 Å². The third-order valence-electron chi connectivity index (χ3n) is 5.77. The predicted molar refractivity (Wildman–Crippen MR) is 106 cm³/mol. The second kappa shape index (κ2) is 9.98. The minimum Gasteiger partial charge on any atom is -0.467 e. The lowest BCUT2D eigenvalue weighted by molar-refractivity contribution is -0.276. The third-order valence-corrected chi connectivity index (χ3v) is 5.77. The molecule has 3 rings (SSSR count). The molecule has 1 aromatic carbocycles. The fourth-order valence-electron chi connectivity index (χ4n) is 3.81. The number of esters is 1. The van der Waals surface area contributed by atoms with Crippen molar-refractivity contribution in [1.82, 2.24) is 0 Å². The van der Waals surface area contributed by atoms with Gasteiger partial charge in [0.1, 0.15) is 19.0 Å². The minimum atomic E-state index is -1.01. The number of carbonyl (C=O) groups excluding carboxylic acids is 2.